The fourth-order valence-electron chi connectivity index (χ4n) is 3.49. The largest absolute Gasteiger partial charge is 0.496 e. The van der Waals surface area contributed by atoms with Gasteiger partial charge < -0.3 is 20.7 Å². The van der Waals surface area contributed by atoms with Crippen LogP contribution in [0, 0.1) is 0 Å². The standard InChI is InChI=1S/C19H33N5O/c1-5-24-12-8-9-15(24)13-21-19(20)22-14-17(23(2)3)16-10-6-7-11-18(16)25-4/h6-7,10-11,15,17H,5,8-9,12-14H2,1-4H3,(H3,20,21,22). The van der Waals surface area contributed by atoms with Crippen LogP contribution in [0.3, 0.4) is 0 Å². The van der Waals surface area contributed by atoms with Crippen molar-refractivity contribution in [2.24, 2.45) is 10.7 Å². The maximum Gasteiger partial charge on any atom is 0.188 e. The summed E-state index contributed by atoms with van der Waals surface area (Å²) in [6.07, 6.45) is 2.50. The molecule has 3 N–H and O–H groups in total. The fraction of sp³-hybridized carbons (Fsp3) is 0.632. The van der Waals surface area contributed by atoms with E-state index < -0.39 is 0 Å². The highest BCUT2D eigenvalue weighted by atomic mass is 16.5. The van der Waals surface area contributed by atoms with Crippen LogP contribution in [-0.2, 0) is 0 Å². The number of hydrogen-bond acceptors (Lipinski definition) is 4. The van der Waals surface area contributed by atoms with Gasteiger partial charge >= 0.3 is 0 Å². The van der Waals surface area contributed by atoms with Gasteiger partial charge in [-0.3, -0.25) is 9.89 Å². The molecule has 1 saturated heterocycles. The number of aliphatic imine (C=N–C) groups is 1. The molecule has 0 aromatic heterocycles. The molecule has 6 heteroatoms. The van der Waals surface area contributed by atoms with Gasteiger partial charge in [0.05, 0.1) is 19.7 Å². The van der Waals surface area contributed by atoms with Crippen LogP contribution in [0.15, 0.2) is 29.3 Å². The normalized spacial score (nSPS) is 20.0. The number of likely N-dealkylation sites (N-methyl/N-ethyl adjacent to an activating group) is 2. The van der Waals surface area contributed by atoms with E-state index in [0.717, 1.165) is 24.4 Å². The van der Waals surface area contributed by atoms with E-state index >= 15 is 0 Å². The van der Waals surface area contributed by atoms with Gasteiger partial charge in [0.1, 0.15) is 5.75 Å². The molecule has 25 heavy (non-hydrogen) atoms. The molecule has 2 rings (SSSR count). The first-order valence-electron chi connectivity index (χ1n) is 9.14. The van der Waals surface area contributed by atoms with Crippen molar-refractivity contribution in [2.75, 3.05) is 47.4 Å². The number of nitrogens with two attached hydrogens (primary N) is 1. The Hall–Kier alpha value is -1.79. The van der Waals surface area contributed by atoms with Crippen LogP contribution in [0.1, 0.15) is 31.4 Å². The molecule has 6 nitrogen and oxygen atoms in total. The number of guanidine groups is 1. The number of para-hydroxylation sites is 1. The predicted molar refractivity (Wildman–Crippen MR) is 104 cm³/mol. The van der Waals surface area contributed by atoms with Crippen molar-refractivity contribution in [3.8, 4) is 5.75 Å². The monoisotopic (exact) mass is 347 g/mol. The maximum absolute atomic E-state index is 6.11. The molecule has 1 fully saturated rings. The lowest BCUT2D eigenvalue weighted by Crippen LogP contribution is -2.43. The van der Waals surface area contributed by atoms with E-state index in [-0.39, 0.29) is 6.04 Å². The number of hydrogen-bond donors (Lipinski definition) is 2. The minimum Gasteiger partial charge on any atom is -0.496 e. The van der Waals surface area contributed by atoms with Crippen LogP contribution in [0.4, 0.5) is 0 Å². The number of nitrogens with one attached hydrogen (secondary N) is 1. The maximum atomic E-state index is 6.11. The lowest BCUT2D eigenvalue weighted by atomic mass is 10.0. The lowest BCUT2D eigenvalue weighted by Gasteiger charge is -2.25. The molecule has 1 aliphatic rings. The SMILES string of the molecule is CCN1CCCC1CNC(N)=NCC(c1ccccc1OC)N(C)C. The minimum absolute atomic E-state index is 0.120. The summed E-state index contributed by atoms with van der Waals surface area (Å²) in [5, 5.41) is 3.30. The van der Waals surface area contributed by atoms with Gasteiger partial charge in [-0.2, -0.15) is 0 Å². The van der Waals surface area contributed by atoms with Crippen molar-refractivity contribution in [2.45, 2.75) is 31.8 Å². The van der Waals surface area contributed by atoms with Crippen LogP contribution in [0.25, 0.3) is 0 Å². The number of likely N-dealkylation sites (tertiary alicyclic amines) is 1. The van der Waals surface area contributed by atoms with Crippen LogP contribution in [0.5, 0.6) is 5.75 Å². The van der Waals surface area contributed by atoms with Crippen LogP contribution < -0.4 is 15.8 Å². The zero-order valence-electron chi connectivity index (χ0n) is 16.0. The molecule has 2 atom stereocenters. The van der Waals surface area contributed by atoms with Gasteiger partial charge in [0.2, 0.25) is 0 Å². The number of benzene rings is 1. The molecule has 0 radical (unpaired) electrons. The van der Waals surface area contributed by atoms with Crippen molar-refractivity contribution in [1.82, 2.24) is 15.1 Å². The molecule has 2 unspecified atom stereocenters. The van der Waals surface area contributed by atoms with Crippen molar-refractivity contribution >= 4 is 5.96 Å². The van der Waals surface area contributed by atoms with Crippen LogP contribution >= 0.6 is 0 Å². The number of ether oxygens (including phenoxy) is 1. The average Bonchev–Trinajstić information content (AvgIpc) is 3.07. The first kappa shape index (κ1) is 19.5. The van der Waals surface area contributed by atoms with Crippen LogP contribution in [-0.4, -0.2) is 69.2 Å². The Morgan fingerprint density at radius 2 is 2.20 bits per heavy atom. The molecule has 0 bridgehead atoms. The molecule has 0 spiro atoms. The Morgan fingerprint density at radius 1 is 1.44 bits per heavy atom. The Morgan fingerprint density at radius 3 is 2.88 bits per heavy atom. The molecule has 0 saturated carbocycles. The Balaban J connectivity index is 1.96. The second-order valence-electron chi connectivity index (χ2n) is 6.75. The quantitative estimate of drug-likeness (QED) is 0.553. The smallest absolute Gasteiger partial charge is 0.188 e. The highest BCUT2D eigenvalue weighted by molar-refractivity contribution is 5.77. The predicted octanol–water partition coefficient (Wildman–Crippen LogP) is 1.69. The van der Waals surface area contributed by atoms with Gasteiger partial charge in [-0.25, -0.2) is 0 Å². The summed E-state index contributed by atoms with van der Waals surface area (Å²) in [6.45, 7) is 5.96. The zero-order chi connectivity index (χ0) is 18.2. The first-order chi connectivity index (χ1) is 12.1. The van der Waals surface area contributed by atoms with Gasteiger partial charge in [0.25, 0.3) is 0 Å². The highest BCUT2D eigenvalue weighted by Crippen LogP contribution is 2.28. The molecule has 0 amide bonds. The average molecular weight is 348 g/mol. The summed E-state index contributed by atoms with van der Waals surface area (Å²) in [4.78, 5) is 9.22. The highest BCUT2D eigenvalue weighted by Gasteiger charge is 2.22. The molecule has 1 aliphatic heterocycles. The van der Waals surface area contributed by atoms with Crippen molar-refractivity contribution in [3.05, 3.63) is 29.8 Å². The van der Waals surface area contributed by atoms with E-state index in [0.29, 0.717) is 18.5 Å². The Bertz CT molecular complexity index is 561. The van der Waals surface area contributed by atoms with Crippen molar-refractivity contribution in [3.63, 3.8) is 0 Å². The van der Waals surface area contributed by atoms with Gasteiger partial charge in [-0.15, -0.1) is 0 Å². The van der Waals surface area contributed by atoms with E-state index in [9.17, 15) is 0 Å². The van der Waals surface area contributed by atoms with E-state index in [1.54, 1.807) is 7.11 Å². The zero-order valence-corrected chi connectivity index (χ0v) is 16.0. The summed E-state index contributed by atoms with van der Waals surface area (Å²) < 4.78 is 5.49. The van der Waals surface area contributed by atoms with Gasteiger partial charge in [-0.1, -0.05) is 25.1 Å². The van der Waals surface area contributed by atoms with Gasteiger partial charge in [0, 0.05) is 18.2 Å². The van der Waals surface area contributed by atoms with Crippen LogP contribution in [0.2, 0.25) is 0 Å². The second kappa shape index (κ2) is 9.63. The molecule has 0 aliphatic carbocycles. The summed E-state index contributed by atoms with van der Waals surface area (Å²) in [7, 11) is 5.80. The number of methoxy groups -OCH3 is 1. The van der Waals surface area contributed by atoms with E-state index in [1.165, 1.54) is 19.4 Å². The fourth-order valence-corrected chi connectivity index (χ4v) is 3.49. The van der Waals surface area contributed by atoms with Gasteiger partial charge in [0.15, 0.2) is 5.96 Å². The molecular formula is C19H33N5O. The minimum atomic E-state index is 0.120. The first-order valence-corrected chi connectivity index (χ1v) is 9.14. The third-order valence-corrected chi connectivity index (χ3v) is 4.98. The number of nitrogens with zero attached hydrogens (tertiary/aromatic N) is 3. The summed E-state index contributed by atoms with van der Waals surface area (Å²) in [5.74, 6) is 1.40. The number of rotatable bonds is 8. The third kappa shape index (κ3) is 5.34. The second-order valence-corrected chi connectivity index (χ2v) is 6.75. The van der Waals surface area contributed by atoms with Crippen molar-refractivity contribution in [1.29, 1.82) is 0 Å². The van der Waals surface area contributed by atoms with E-state index in [1.807, 2.05) is 32.3 Å². The van der Waals surface area contributed by atoms with E-state index in [4.69, 9.17) is 10.5 Å². The van der Waals surface area contributed by atoms with E-state index in [2.05, 4.69) is 33.1 Å². The third-order valence-electron chi connectivity index (χ3n) is 4.98. The van der Waals surface area contributed by atoms with Crippen molar-refractivity contribution < 1.29 is 4.74 Å². The Labute approximate surface area is 152 Å². The summed E-state index contributed by atoms with van der Waals surface area (Å²) in [5.41, 5.74) is 7.23. The summed E-state index contributed by atoms with van der Waals surface area (Å²) in [6, 6.07) is 8.76. The summed E-state index contributed by atoms with van der Waals surface area (Å²) >= 11 is 0. The molecular weight excluding hydrogens is 314 g/mol. The molecule has 1 aromatic rings. The molecule has 140 valence electrons. The lowest BCUT2D eigenvalue weighted by molar-refractivity contribution is 0.267. The molecule has 1 aromatic carbocycles. The molecule has 1 heterocycles. The topological polar surface area (TPSA) is 66.1 Å². The Kier molecular flexibility index (Phi) is 7.52. The van der Waals surface area contributed by atoms with Gasteiger partial charge in [-0.05, 0) is 46.1 Å².